The number of aryl methyl sites for hydroxylation is 1. The summed E-state index contributed by atoms with van der Waals surface area (Å²) in [6.07, 6.45) is 1.27. The zero-order chi connectivity index (χ0) is 12.8. The van der Waals surface area contributed by atoms with E-state index in [0.717, 1.165) is 4.47 Å². The standard InChI is InChI=1S/C11H12BrNO4/c1-17-11(14)4-2-3-8-7-9(12)5-6-10(8)13(15)16/h5-7H,2-4H2,1H3. The van der Waals surface area contributed by atoms with Crippen molar-refractivity contribution in [2.45, 2.75) is 19.3 Å². The van der Waals surface area contributed by atoms with E-state index in [4.69, 9.17) is 0 Å². The minimum atomic E-state index is -0.417. The van der Waals surface area contributed by atoms with Crippen molar-refractivity contribution >= 4 is 27.6 Å². The number of carbonyl (C=O) groups excluding carboxylic acids is 1. The first-order valence-electron chi connectivity index (χ1n) is 5.04. The third-order valence-corrected chi connectivity index (χ3v) is 2.79. The number of carbonyl (C=O) groups is 1. The van der Waals surface area contributed by atoms with Gasteiger partial charge < -0.3 is 4.74 Å². The maximum absolute atomic E-state index is 10.9. The van der Waals surface area contributed by atoms with Crippen molar-refractivity contribution < 1.29 is 14.5 Å². The summed E-state index contributed by atoms with van der Waals surface area (Å²) in [5.41, 5.74) is 0.700. The molecular weight excluding hydrogens is 290 g/mol. The molecule has 0 bridgehead atoms. The first kappa shape index (κ1) is 13.6. The van der Waals surface area contributed by atoms with Gasteiger partial charge in [0, 0.05) is 22.5 Å². The molecule has 0 aliphatic heterocycles. The van der Waals surface area contributed by atoms with Crippen LogP contribution in [-0.4, -0.2) is 18.0 Å². The normalized spacial score (nSPS) is 10.0. The van der Waals surface area contributed by atoms with E-state index in [1.54, 1.807) is 12.1 Å². The summed E-state index contributed by atoms with van der Waals surface area (Å²) in [4.78, 5) is 21.3. The SMILES string of the molecule is COC(=O)CCCc1cc(Br)ccc1[N+](=O)[O-]. The average Bonchev–Trinajstić information content (AvgIpc) is 2.28. The quantitative estimate of drug-likeness (QED) is 0.476. The summed E-state index contributed by atoms with van der Waals surface area (Å²) in [5, 5.41) is 10.8. The predicted molar refractivity (Wildman–Crippen MR) is 65.8 cm³/mol. The summed E-state index contributed by atoms with van der Waals surface area (Å²) in [6.45, 7) is 0. The molecule has 1 rings (SSSR count). The Balaban J connectivity index is 2.72. The number of esters is 1. The van der Waals surface area contributed by atoms with E-state index < -0.39 is 4.92 Å². The lowest BCUT2D eigenvalue weighted by Crippen LogP contribution is -2.02. The first-order chi connectivity index (χ1) is 8.04. The zero-order valence-electron chi connectivity index (χ0n) is 9.31. The molecule has 6 heteroatoms. The van der Waals surface area contributed by atoms with Crippen molar-refractivity contribution in [3.05, 3.63) is 38.3 Å². The van der Waals surface area contributed by atoms with Crippen LogP contribution in [-0.2, 0) is 16.0 Å². The molecule has 0 fully saturated rings. The largest absolute Gasteiger partial charge is 0.469 e. The smallest absolute Gasteiger partial charge is 0.305 e. The van der Waals surface area contributed by atoms with Crippen molar-refractivity contribution in [1.29, 1.82) is 0 Å². The number of nitro benzene ring substituents is 1. The van der Waals surface area contributed by atoms with Crippen LogP contribution in [0.2, 0.25) is 0 Å². The molecule has 0 aliphatic carbocycles. The number of halogens is 1. The van der Waals surface area contributed by atoms with Crippen molar-refractivity contribution in [2.24, 2.45) is 0 Å². The van der Waals surface area contributed by atoms with Crippen LogP contribution in [0.1, 0.15) is 18.4 Å². The Labute approximate surface area is 107 Å². The second kappa shape index (κ2) is 6.34. The van der Waals surface area contributed by atoms with Crippen LogP contribution in [0, 0.1) is 10.1 Å². The van der Waals surface area contributed by atoms with E-state index in [0.29, 0.717) is 18.4 Å². The van der Waals surface area contributed by atoms with Crippen LogP contribution in [0.5, 0.6) is 0 Å². The molecule has 0 spiro atoms. The summed E-state index contributed by atoms with van der Waals surface area (Å²) in [7, 11) is 1.32. The molecule has 0 unspecified atom stereocenters. The summed E-state index contributed by atoms with van der Waals surface area (Å²) in [5.74, 6) is -0.303. The Bertz CT molecular complexity index is 433. The van der Waals surface area contributed by atoms with Crippen molar-refractivity contribution in [2.75, 3.05) is 7.11 Å². The molecule has 0 N–H and O–H groups in total. The molecule has 0 aliphatic rings. The maximum Gasteiger partial charge on any atom is 0.305 e. The summed E-state index contributed by atoms with van der Waals surface area (Å²) in [6, 6.07) is 4.79. The van der Waals surface area contributed by atoms with Crippen molar-refractivity contribution in [3.63, 3.8) is 0 Å². The minimum absolute atomic E-state index is 0.0815. The third-order valence-electron chi connectivity index (χ3n) is 2.29. The van der Waals surface area contributed by atoms with E-state index >= 15 is 0 Å². The van der Waals surface area contributed by atoms with Crippen LogP contribution in [0.4, 0.5) is 5.69 Å². The lowest BCUT2D eigenvalue weighted by Gasteiger charge is -2.03. The van der Waals surface area contributed by atoms with Crippen LogP contribution >= 0.6 is 15.9 Å². The summed E-state index contributed by atoms with van der Waals surface area (Å²) >= 11 is 3.27. The Hall–Kier alpha value is -1.43. The van der Waals surface area contributed by atoms with Gasteiger partial charge in [0.05, 0.1) is 12.0 Å². The number of benzene rings is 1. The molecule has 92 valence electrons. The van der Waals surface area contributed by atoms with Crippen LogP contribution < -0.4 is 0 Å². The van der Waals surface area contributed by atoms with Gasteiger partial charge in [0.2, 0.25) is 0 Å². The summed E-state index contributed by atoms with van der Waals surface area (Å²) < 4.78 is 5.30. The molecule has 0 atom stereocenters. The zero-order valence-corrected chi connectivity index (χ0v) is 10.9. The van der Waals surface area contributed by atoms with E-state index in [1.165, 1.54) is 13.2 Å². The lowest BCUT2D eigenvalue weighted by atomic mass is 10.1. The number of rotatable bonds is 5. The van der Waals surface area contributed by atoms with Gasteiger partial charge in [-0.25, -0.2) is 0 Å². The number of methoxy groups -OCH3 is 1. The maximum atomic E-state index is 10.9. The monoisotopic (exact) mass is 301 g/mol. The highest BCUT2D eigenvalue weighted by Crippen LogP contribution is 2.24. The van der Waals surface area contributed by atoms with Gasteiger partial charge in [-0.3, -0.25) is 14.9 Å². The lowest BCUT2D eigenvalue weighted by molar-refractivity contribution is -0.385. The molecule has 0 aromatic heterocycles. The number of ether oxygens (including phenoxy) is 1. The predicted octanol–water partition coefficient (Wildman–Crippen LogP) is 2.85. The van der Waals surface area contributed by atoms with Crippen molar-refractivity contribution in [3.8, 4) is 0 Å². The number of nitro groups is 1. The van der Waals surface area contributed by atoms with E-state index in [9.17, 15) is 14.9 Å². The van der Waals surface area contributed by atoms with Crippen LogP contribution in [0.25, 0.3) is 0 Å². The number of hydrogen-bond acceptors (Lipinski definition) is 4. The first-order valence-corrected chi connectivity index (χ1v) is 5.83. The Kier molecular flexibility index (Phi) is 5.09. The van der Waals surface area contributed by atoms with E-state index in [-0.39, 0.29) is 18.1 Å². The van der Waals surface area contributed by atoms with Gasteiger partial charge in [0.1, 0.15) is 0 Å². The fourth-order valence-electron chi connectivity index (χ4n) is 1.46. The molecule has 0 saturated heterocycles. The molecular formula is C11H12BrNO4. The van der Waals surface area contributed by atoms with Gasteiger partial charge in [0.25, 0.3) is 5.69 Å². The Morgan fingerprint density at radius 1 is 1.53 bits per heavy atom. The molecule has 0 amide bonds. The van der Waals surface area contributed by atoms with Gasteiger partial charge in [-0.05, 0) is 25.0 Å². The molecule has 5 nitrogen and oxygen atoms in total. The fraction of sp³-hybridized carbons (Fsp3) is 0.364. The second-order valence-electron chi connectivity index (χ2n) is 3.46. The molecule has 0 saturated carbocycles. The van der Waals surface area contributed by atoms with Gasteiger partial charge in [-0.15, -0.1) is 0 Å². The molecule has 1 aromatic carbocycles. The molecule has 1 aromatic rings. The highest BCUT2D eigenvalue weighted by atomic mass is 79.9. The van der Waals surface area contributed by atoms with Crippen LogP contribution in [0.15, 0.2) is 22.7 Å². The molecule has 0 heterocycles. The average molecular weight is 302 g/mol. The second-order valence-corrected chi connectivity index (χ2v) is 4.38. The third kappa shape index (κ3) is 4.14. The van der Waals surface area contributed by atoms with Gasteiger partial charge >= 0.3 is 5.97 Å². The molecule has 17 heavy (non-hydrogen) atoms. The Morgan fingerprint density at radius 3 is 2.82 bits per heavy atom. The molecule has 0 radical (unpaired) electrons. The highest BCUT2D eigenvalue weighted by Gasteiger charge is 2.13. The van der Waals surface area contributed by atoms with Gasteiger partial charge in [0.15, 0.2) is 0 Å². The van der Waals surface area contributed by atoms with E-state index in [1.807, 2.05) is 0 Å². The fourth-order valence-corrected chi connectivity index (χ4v) is 1.87. The number of hydrogen-bond donors (Lipinski definition) is 0. The number of nitrogens with zero attached hydrogens (tertiary/aromatic N) is 1. The van der Waals surface area contributed by atoms with Gasteiger partial charge in [-0.1, -0.05) is 15.9 Å². The van der Waals surface area contributed by atoms with Crippen molar-refractivity contribution in [1.82, 2.24) is 0 Å². The Morgan fingerprint density at radius 2 is 2.24 bits per heavy atom. The van der Waals surface area contributed by atoms with E-state index in [2.05, 4.69) is 20.7 Å². The minimum Gasteiger partial charge on any atom is -0.469 e. The topological polar surface area (TPSA) is 69.4 Å². The van der Waals surface area contributed by atoms with Crippen LogP contribution in [0.3, 0.4) is 0 Å². The van der Waals surface area contributed by atoms with Gasteiger partial charge in [-0.2, -0.15) is 0 Å². The highest BCUT2D eigenvalue weighted by molar-refractivity contribution is 9.10.